The summed E-state index contributed by atoms with van der Waals surface area (Å²) in [5.74, 6) is -0.444. The molecule has 24 heavy (non-hydrogen) atoms. The maximum Gasteiger partial charge on any atom is 0.273 e. The fourth-order valence-corrected chi connectivity index (χ4v) is 2.22. The zero-order valence-electron chi connectivity index (χ0n) is 13.1. The average molecular weight is 331 g/mol. The molecule has 126 valence electrons. The fourth-order valence-electron chi connectivity index (χ4n) is 2.22. The maximum atomic E-state index is 12.3. The third-order valence-electron chi connectivity index (χ3n) is 3.47. The Kier molecular flexibility index (Phi) is 5.70. The molecule has 2 rings (SSSR count). The molecule has 9 heteroatoms. The van der Waals surface area contributed by atoms with Gasteiger partial charge in [-0.3, -0.25) is 14.9 Å². The number of nitrogens with one attached hydrogen (secondary N) is 2. The van der Waals surface area contributed by atoms with Gasteiger partial charge in [-0.1, -0.05) is 0 Å². The summed E-state index contributed by atoms with van der Waals surface area (Å²) in [6.45, 7) is 2.98. The highest BCUT2D eigenvalue weighted by Crippen LogP contribution is 2.29. The number of carbonyl (C=O) groups excluding carboxylic acids is 1. The molecule has 0 aromatic heterocycles. The minimum Gasteiger partial charge on any atom is -0.494 e. The minimum atomic E-state index is -0.594. The lowest BCUT2D eigenvalue weighted by atomic mass is 10.2. The van der Waals surface area contributed by atoms with E-state index in [0.29, 0.717) is 13.1 Å². The number of hydrogen-bond acceptors (Lipinski definition) is 7. The standard InChI is InChI=1S/C15H17N5O4/c1-24-14-8-12(20(22)23)2-3-13(14)18-15(21)11(9-16)10-19-6-4-17-5-7-19/h2-3,8,10,17H,4-7H2,1H3,(H,18,21)/b11-10-. The lowest BCUT2D eigenvalue weighted by Crippen LogP contribution is -2.41. The van der Waals surface area contributed by atoms with Gasteiger partial charge in [0.25, 0.3) is 11.6 Å². The number of nitrogens with zero attached hydrogens (tertiary/aromatic N) is 3. The van der Waals surface area contributed by atoms with E-state index in [2.05, 4.69) is 10.6 Å². The summed E-state index contributed by atoms with van der Waals surface area (Å²) in [7, 11) is 1.34. The summed E-state index contributed by atoms with van der Waals surface area (Å²) in [5, 5.41) is 25.7. The van der Waals surface area contributed by atoms with Crippen LogP contribution >= 0.6 is 0 Å². The second-order valence-corrected chi connectivity index (χ2v) is 5.04. The van der Waals surface area contributed by atoms with Crippen molar-refractivity contribution in [1.82, 2.24) is 10.2 Å². The summed E-state index contributed by atoms with van der Waals surface area (Å²) >= 11 is 0. The van der Waals surface area contributed by atoms with Gasteiger partial charge in [0, 0.05) is 38.4 Å². The highest BCUT2D eigenvalue weighted by Gasteiger charge is 2.17. The number of rotatable bonds is 5. The van der Waals surface area contributed by atoms with Crippen molar-refractivity contribution in [3.8, 4) is 11.8 Å². The van der Waals surface area contributed by atoms with Crippen molar-refractivity contribution in [3.63, 3.8) is 0 Å². The van der Waals surface area contributed by atoms with E-state index in [9.17, 15) is 20.2 Å². The zero-order valence-corrected chi connectivity index (χ0v) is 13.1. The number of nitriles is 1. The van der Waals surface area contributed by atoms with Gasteiger partial charge >= 0.3 is 0 Å². The number of hydrogen-bond donors (Lipinski definition) is 2. The highest BCUT2D eigenvalue weighted by molar-refractivity contribution is 6.07. The van der Waals surface area contributed by atoms with Crippen LogP contribution in [0.5, 0.6) is 5.75 Å². The van der Waals surface area contributed by atoms with Crippen LogP contribution in [0.3, 0.4) is 0 Å². The minimum absolute atomic E-state index is 0.0442. The topological polar surface area (TPSA) is 121 Å². The molecular weight excluding hydrogens is 314 g/mol. The van der Waals surface area contributed by atoms with Gasteiger partial charge in [0.2, 0.25) is 0 Å². The van der Waals surface area contributed by atoms with Crippen LogP contribution in [-0.2, 0) is 4.79 Å². The molecule has 0 bridgehead atoms. The van der Waals surface area contributed by atoms with Crippen molar-refractivity contribution in [1.29, 1.82) is 5.26 Å². The number of carbonyl (C=O) groups is 1. The fraction of sp³-hybridized carbons (Fsp3) is 0.333. The average Bonchev–Trinajstić information content (AvgIpc) is 2.60. The first-order valence-electron chi connectivity index (χ1n) is 7.25. The quantitative estimate of drug-likeness (QED) is 0.355. The van der Waals surface area contributed by atoms with E-state index < -0.39 is 10.8 Å². The Labute approximate surface area is 138 Å². The second-order valence-electron chi connectivity index (χ2n) is 5.04. The Morgan fingerprint density at radius 1 is 1.50 bits per heavy atom. The van der Waals surface area contributed by atoms with E-state index in [4.69, 9.17) is 4.74 Å². The number of non-ortho nitro benzene ring substituents is 1. The molecule has 1 saturated heterocycles. The molecule has 0 saturated carbocycles. The summed E-state index contributed by atoms with van der Waals surface area (Å²) < 4.78 is 5.06. The van der Waals surface area contributed by atoms with Crippen molar-refractivity contribution >= 4 is 17.3 Å². The number of methoxy groups -OCH3 is 1. The molecule has 1 aliphatic rings. The smallest absolute Gasteiger partial charge is 0.273 e. The van der Waals surface area contributed by atoms with Crippen molar-refractivity contribution in [2.45, 2.75) is 0 Å². The number of benzene rings is 1. The molecule has 9 nitrogen and oxygen atoms in total. The predicted octanol–water partition coefficient (Wildman–Crippen LogP) is 0.855. The number of nitro benzene ring substituents is 1. The third-order valence-corrected chi connectivity index (χ3v) is 3.47. The Balaban J connectivity index is 2.16. The number of ether oxygens (including phenoxy) is 1. The van der Waals surface area contributed by atoms with E-state index in [-0.39, 0.29) is 22.7 Å². The van der Waals surface area contributed by atoms with Crippen molar-refractivity contribution in [3.05, 3.63) is 40.1 Å². The third kappa shape index (κ3) is 4.21. The first-order valence-corrected chi connectivity index (χ1v) is 7.25. The van der Waals surface area contributed by atoms with Gasteiger partial charge < -0.3 is 20.3 Å². The summed E-state index contributed by atoms with van der Waals surface area (Å²) in [5.41, 5.74) is 0.0635. The Hall–Kier alpha value is -3.12. The van der Waals surface area contributed by atoms with Crippen molar-refractivity contribution in [2.75, 3.05) is 38.6 Å². The molecule has 1 fully saturated rings. The second kappa shape index (κ2) is 7.94. The molecular formula is C15H17N5O4. The largest absolute Gasteiger partial charge is 0.494 e. The Bertz CT molecular complexity index is 704. The van der Waals surface area contributed by atoms with Gasteiger partial charge in [-0.15, -0.1) is 0 Å². The van der Waals surface area contributed by atoms with E-state index >= 15 is 0 Å². The Morgan fingerprint density at radius 2 is 2.21 bits per heavy atom. The summed E-state index contributed by atoms with van der Waals surface area (Å²) in [6, 6.07) is 5.71. The zero-order chi connectivity index (χ0) is 17.5. The molecule has 1 aromatic carbocycles. The molecule has 0 unspecified atom stereocenters. The lowest BCUT2D eigenvalue weighted by molar-refractivity contribution is -0.384. The number of anilines is 1. The summed E-state index contributed by atoms with van der Waals surface area (Å²) in [4.78, 5) is 24.4. The maximum absolute atomic E-state index is 12.3. The van der Waals surface area contributed by atoms with E-state index in [1.165, 1.54) is 31.5 Å². The molecule has 0 radical (unpaired) electrons. The normalized spacial score (nSPS) is 14.7. The molecule has 1 amide bonds. The van der Waals surface area contributed by atoms with Gasteiger partial charge in [-0.25, -0.2) is 0 Å². The number of piperazine rings is 1. The lowest BCUT2D eigenvalue weighted by Gasteiger charge is -2.26. The van der Waals surface area contributed by atoms with Crippen LogP contribution in [0.4, 0.5) is 11.4 Å². The molecule has 1 aromatic rings. The SMILES string of the molecule is COc1cc([N+](=O)[O-])ccc1NC(=O)/C(C#N)=C\N1CCNCC1. The van der Waals surface area contributed by atoms with Crippen LogP contribution in [0.2, 0.25) is 0 Å². The van der Waals surface area contributed by atoms with Gasteiger partial charge in [0.15, 0.2) is 0 Å². The van der Waals surface area contributed by atoms with Gasteiger partial charge in [-0.2, -0.15) is 5.26 Å². The molecule has 0 aliphatic carbocycles. The van der Waals surface area contributed by atoms with Gasteiger partial charge in [0.1, 0.15) is 17.4 Å². The van der Waals surface area contributed by atoms with Crippen LogP contribution < -0.4 is 15.4 Å². The van der Waals surface area contributed by atoms with E-state index in [1.54, 1.807) is 0 Å². The van der Waals surface area contributed by atoms with Crippen LogP contribution in [0.15, 0.2) is 30.0 Å². The molecule has 1 heterocycles. The van der Waals surface area contributed by atoms with Crippen molar-refractivity contribution < 1.29 is 14.5 Å². The first kappa shape index (κ1) is 17.2. The number of nitro groups is 1. The van der Waals surface area contributed by atoms with E-state index in [1.807, 2.05) is 11.0 Å². The molecule has 1 aliphatic heterocycles. The molecule has 0 atom stereocenters. The molecule has 2 N–H and O–H groups in total. The van der Waals surface area contributed by atoms with Crippen LogP contribution in [-0.4, -0.2) is 49.0 Å². The molecule has 0 spiro atoms. The van der Waals surface area contributed by atoms with Crippen LogP contribution in [0.25, 0.3) is 0 Å². The van der Waals surface area contributed by atoms with Crippen LogP contribution in [0.1, 0.15) is 0 Å². The van der Waals surface area contributed by atoms with Gasteiger partial charge in [-0.05, 0) is 6.07 Å². The predicted molar refractivity (Wildman–Crippen MR) is 86.4 cm³/mol. The first-order chi connectivity index (χ1) is 11.5. The highest BCUT2D eigenvalue weighted by atomic mass is 16.6. The van der Waals surface area contributed by atoms with Crippen LogP contribution in [0, 0.1) is 21.4 Å². The van der Waals surface area contributed by atoms with E-state index in [0.717, 1.165) is 13.1 Å². The Morgan fingerprint density at radius 3 is 2.79 bits per heavy atom. The van der Waals surface area contributed by atoms with Crippen molar-refractivity contribution in [2.24, 2.45) is 0 Å². The summed E-state index contributed by atoms with van der Waals surface area (Å²) in [6.07, 6.45) is 1.52. The number of amides is 1. The van der Waals surface area contributed by atoms with Gasteiger partial charge in [0.05, 0.1) is 23.8 Å². The monoisotopic (exact) mass is 331 g/mol.